The molecule has 62 valence electrons. The summed E-state index contributed by atoms with van der Waals surface area (Å²) in [5.41, 5.74) is 2.53. The maximum atomic E-state index is 4.15. The van der Waals surface area contributed by atoms with Gasteiger partial charge in [-0.3, -0.25) is 4.99 Å². The molecule has 0 aliphatic carbocycles. The predicted molar refractivity (Wildman–Crippen MR) is 53.4 cm³/mol. The third-order valence-electron chi connectivity index (χ3n) is 1.99. The van der Waals surface area contributed by atoms with Gasteiger partial charge in [-0.05, 0) is 23.8 Å². The highest BCUT2D eigenvalue weighted by Crippen LogP contribution is 2.20. The second-order valence-electron chi connectivity index (χ2n) is 2.73. The molecule has 1 aromatic rings. The van der Waals surface area contributed by atoms with Gasteiger partial charge in [0, 0.05) is 23.6 Å². The van der Waals surface area contributed by atoms with Crippen molar-refractivity contribution in [3.05, 3.63) is 33.8 Å². The third-order valence-corrected chi connectivity index (χ3v) is 2.49. The van der Waals surface area contributed by atoms with E-state index in [1.54, 1.807) is 7.05 Å². The van der Waals surface area contributed by atoms with Gasteiger partial charge >= 0.3 is 0 Å². The molecule has 0 atom stereocenters. The average Bonchev–Trinajstić information content (AvgIpc) is 2.46. The van der Waals surface area contributed by atoms with Gasteiger partial charge in [0.2, 0.25) is 0 Å². The summed E-state index contributed by atoms with van der Waals surface area (Å²) in [5, 5.41) is 3.23. The molecular weight excluding hydrogens is 216 g/mol. The number of nitrogens with one attached hydrogen (secondary N) is 1. The van der Waals surface area contributed by atoms with Crippen molar-refractivity contribution in [1.29, 1.82) is 0 Å². The normalized spacial score (nSPS) is 17.7. The highest BCUT2D eigenvalue weighted by molar-refractivity contribution is 9.10. The summed E-state index contributed by atoms with van der Waals surface area (Å²) >= 11 is 3.44. The fourth-order valence-corrected chi connectivity index (χ4v) is 1.82. The lowest BCUT2D eigenvalue weighted by Crippen LogP contribution is -2.14. The number of rotatable bonds is 0. The number of hydrogen-bond donors (Lipinski definition) is 1. The maximum absolute atomic E-state index is 4.15. The summed E-state index contributed by atoms with van der Waals surface area (Å²) in [6.45, 7) is 0.890. The maximum Gasteiger partial charge on any atom is 0.128 e. The molecule has 2 rings (SSSR count). The number of amidine groups is 1. The number of fused-ring (bicyclic) bond motifs is 1. The van der Waals surface area contributed by atoms with E-state index in [9.17, 15) is 0 Å². The van der Waals surface area contributed by atoms with Crippen LogP contribution in [0.4, 0.5) is 0 Å². The Balaban J connectivity index is 2.55. The molecule has 3 heteroatoms. The quantitative estimate of drug-likeness (QED) is 0.716. The fourth-order valence-electron chi connectivity index (χ4n) is 1.41. The minimum Gasteiger partial charge on any atom is -0.366 e. The van der Waals surface area contributed by atoms with Gasteiger partial charge in [-0.25, -0.2) is 0 Å². The van der Waals surface area contributed by atoms with Gasteiger partial charge in [-0.2, -0.15) is 0 Å². The second kappa shape index (κ2) is 2.90. The number of nitrogens with zero attached hydrogens (tertiary/aromatic N) is 1. The minimum atomic E-state index is 0.890. The third kappa shape index (κ3) is 1.14. The largest absolute Gasteiger partial charge is 0.366 e. The Morgan fingerprint density at radius 2 is 2.33 bits per heavy atom. The van der Waals surface area contributed by atoms with Crippen LogP contribution in [-0.2, 0) is 6.54 Å². The van der Waals surface area contributed by atoms with Crippen LogP contribution in [0.1, 0.15) is 11.1 Å². The lowest BCUT2D eigenvalue weighted by atomic mass is 10.1. The Morgan fingerprint density at radius 3 is 3.08 bits per heavy atom. The molecule has 0 fully saturated rings. The highest BCUT2D eigenvalue weighted by Gasteiger charge is 2.15. The van der Waals surface area contributed by atoms with E-state index in [2.05, 4.69) is 38.4 Å². The predicted octanol–water partition coefficient (Wildman–Crippen LogP) is 1.93. The number of halogens is 1. The molecule has 0 unspecified atom stereocenters. The summed E-state index contributed by atoms with van der Waals surface area (Å²) < 4.78 is 1.13. The summed E-state index contributed by atoms with van der Waals surface area (Å²) in [6.07, 6.45) is 0. The van der Waals surface area contributed by atoms with Gasteiger partial charge in [-0.1, -0.05) is 15.9 Å². The van der Waals surface area contributed by atoms with Gasteiger partial charge in [0.05, 0.1) is 0 Å². The Bertz CT molecular complexity index is 344. The van der Waals surface area contributed by atoms with Gasteiger partial charge in [0.25, 0.3) is 0 Å². The average molecular weight is 225 g/mol. The van der Waals surface area contributed by atoms with Crippen molar-refractivity contribution in [1.82, 2.24) is 5.32 Å². The van der Waals surface area contributed by atoms with Crippen LogP contribution in [0.15, 0.2) is 27.7 Å². The second-order valence-corrected chi connectivity index (χ2v) is 3.64. The molecule has 1 aliphatic rings. The molecule has 0 saturated carbocycles. The first-order chi connectivity index (χ1) is 5.81. The van der Waals surface area contributed by atoms with E-state index in [4.69, 9.17) is 0 Å². The van der Waals surface area contributed by atoms with E-state index >= 15 is 0 Å². The van der Waals surface area contributed by atoms with E-state index in [1.165, 1.54) is 11.1 Å². The van der Waals surface area contributed by atoms with Gasteiger partial charge in [0.1, 0.15) is 5.84 Å². The van der Waals surface area contributed by atoms with Crippen LogP contribution in [0.25, 0.3) is 0 Å². The van der Waals surface area contributed by atoms with Crippen molar-refractivity contribution in [2.45, 2.75) is 6.54 Å². The van der Waals surface area contributed by atoms with Crippen LogP contribution in [0.3, 0.4) is 0 Å². The van der Waals surface area contributed by atoms with E-state index in [0.29, 0.717) is 0 Å². The van der Waals surface area contributed by atoms with Gasteiger partial charge in [0.15, 0.2) is 0 Å². The van der Waals surface area contributed by atoms with Crippen LogP contribution in [0.5, 0.6) is 0 Å². The van der Waals surface area contributed by atoms with Crippen molar-refractivity contribution >= 4 is 21.8 Å². The standard InChI is InChI=1S/C9H9BrN2/c1-11-9-8-3-2-7(10)4-6(8)5-12-9/h2-4H,5H2,1H3,(H,11,12). The Morgan fingerprint density at radius 1 is 1.50 bits per heavy atom. The van der Waals surface area contributed by atoms with Crippen molar-refractivity contribution in [2.24, 2.45) is 4.99 Å². The van der Waals surface area contributed by atoms with Crippen molar-refractivity contribution in [3.63, 3.8) is 0 Å². The van der Waals surface area contributed by atoms with Crippen molar-refractivity contribution in [2.75, 3.05) is 7.05 Å². The van der Waals surface area contributed by atoms with E-state index < -0.39 is 0 Å². The van der Waals surface area contributed by atoms with Crippen LogP contribution >= 0.6 is 15.9 Å². The zero-order chi connectivity index (χ0) is 8.55. The molecule has 12 heavy (non-hydrogen) atoms. The zero-order valence-electron chi connectivity index (χ0n) is 6.76. The van der Waals surface area contributed by atoms with Crippen LogP contribution < -0.4 is 5.32 Å². The Labute approximate surface area is 79.8 Å². The highest BCUT2D eigenvalue weighted by atomic mass is 79.9. The molecule has 1 aliphatic heterocycles. The number of benzene rings is 1. The summed E-state index contributed by atoms with van der Waals surface area (Å²) in [5.74, 6) is 0.998. The lowest BCUT2D eigenvalue weighted by molar-refractivity contribution is 0.959. The summed E-state index contributed by atoms with van der Waals surface area (Å²) in [7, 11) is 1.81. The first kappa shape index (κ1) is 7.80. The number of hydrogen-bond acceptors (Lipinski definition) is 1. The molecule has 0 aromatic heterocycles. The Kier molecular flexibility index (Phi) is 1.89. The zero-order valence-corrected chi connectivity index (χ0v) is 8.35. The molecule has 0 saturated heterocycles. The van der Waals surface area contributed by atoms with E-state index in [0.717, 1.165) is 16.9 Å². The van der Waals surface area contributed by atoms with Crippen molar-refractivity contribution in [3.8, 4) is 0 Å². The SMILES string of the molecule is CN=C1NCc2cc(Br)ccc21. The topological polar surface area (TPSA) is 24.4 Å². The fraction of sp³-hybridized carbons (Fsp3) is 0.222. The van der Waals surface area contributed by atoms with Crippen LogP contribution in [0.2, 0.25) is 0 Å². The van der Waals surface area contributed by atoms with Crippen LogP contribution in [0, 0.1) is 0 Å². The molecule has 2 nitrogen and oxygen atoms in total. The molecule has 0 spiro atoms. The molecule has 0 radical (unpaired) electrons. The molecular formula is C9H9BrN2. The van der Waals surface area contributed by atoms with E-state index in [-0.39, 0.29) is 0 Å². The smallest absolute Gasteiger partial charge is 0.128 e. The molecule has 0 amide bonds. The minimum absolute atomic E-state index is 0.890. The summed E-state index contributed by atoms with van der Waals surface area (Å²) in [6, 6.07) is 6.25. The first-order valence-corrected chi connectivity index (χ1v) is 4.60. The first-order valence-electron chi connectivity index (χ1n) is 3.80. The van der Waals surface area contributed by atoms with Crippen molar-refractivity contribution < 1.29 is 0 Å². The molecule has 1 aromatic carbocycles. The Hall–Kier alpha value is -0.830. The number of aliphatic imine (C=N–C) groups is 1. The molecule has 0 bridgehead atoms. The molecule has 1 N–H and O–H groups in total. The lowest BCUT2D eigenvalue weighted by Gasteiger charge is -1.97. The molecule has 1 heterocycles. The van der Waals surface area contributed by atoms with E-state index in [1.807, 2.05) is 6.07 Å². The van der Waals surface area contributed by atoms with Gasteiger partial charge in [-0.15, -0.1) is 0 Å². The summed E-state index contributed by atoms with van der Waals surface area (Å²) in [4.78, 5) is 4.15. The van der Waals surface area contributed by atoms with Gasteiger partial charge < -0.3 is 5.32 Å². The monoisotopic (exact) mass is 224 g/mol. The van der Waals surface area contributed by atoms with Crippen LogP contribution in [-0.4, -0.2) is 12.9 Å².